The van der Waals surface area contributed by atoms with Crippen molar-refractivity contribution < 1.29 is 27.9 Å². The summed E-state index contributed by atoms with van der Waals surface area (Å²) in [5.74, 6) is -0.400. The van der Waals surface area contributed by atoms with E-state index in [4.69, 9.17) is 13.9 Å². The molecular formula is C32H29FN2O6S. The highest BCUT2D eigenvalue weighted by Gasteiger charge is 2.33. The molecule has 42 heavy (non-hydrogen) atoms. The summed E-state index contributed by atoms with van der Waals surface area (Å²) in [6.07, 6.45) is 1.41. The molecule has 4 aromatic rings. The lowest BCUT2D eigenvalue weighted by Crippen LogP contribution is -2.39. The smallest absolute Gasteiger partial charge is 0.338 e. The van der Waals surface area contributed by atoms with E-state index in [1.165, 1.54) is 16.7 Å². The van der Waals surface area contributed by atoms with Crippen LogP contribution in [-0.4, -0.2) is 29.2 Å². The fraction of sp³-hybridized carbons (Fsp3) is 0.250. The molecule has 8 nitrogen and oxygen atoms in total. The van der Waals surface area contributed by atoms with Crippen LogP contribution < -0.4 is 14.9 Å². The molecule has 0 unspecified atom stereocenters. The van der Waals surface area contributed by atoms with E-state index in [1.807, 2.05) is 6.92 Å². The van der Waals surface area contributed by atoms with E-state index < -0.39 is 23.8 Å². The summed E-state index contributed by atoms with van der Waals surface area (Å²) in [6.45, 7) is 9.01. The fourth-order valence-electron chi connectivity index (χ4n) is 4.81. The Kier molecular flexibility index (Phi) is 8.08. The van der Waals surface area contributed by atoms with Crippen molar-refractivity contribution in [3.63, 3.8) is 0 Å². The standard InChI is InChI=1S/C32H29FN2O6S/c1-6-39-31(38)27-19(5)34-32-35(28(27)20-7-10-22(33)11-8-20)29(36)26(42-32)16-23-12-14-25(41-23)24-13-9-21(15-18(24)4)30(37)40-17(2)3/h7-17,28H,6H2,1-5H3/b26-16+/t28-/m1/s1. The van der Waals surface area contributed by atoms with E-state index in [0.29, 0.717) is 37.7 Å². The number of thiazole rings is 1. The van der Waals surface area contributed by atoms with Crippen LogP contribution in [0, 0.1) is 12.7 Å². The molecule has 0 fully saturated rings. The van der Waals surface area contributed by atoms with Gasteiger partial charge >= 0.3 is 11.9 Å². The molecule has 216 valence electrons. The molecule has 0 saturated carbocycles. The van der Waals surface area contributed by atoms with Gasteiger partial charge in [0.1, 0.15) is 17.3 Å². The molecule has 1 atom stereocenters. The van der Waals surface area contributed by atoms with E-state index in [2.05, 4.69) is 4.99 Å². The summed E-state index contributed by atoms with van der Waals surface area (Å²) in [4.78, 5) is 44.0. The predicted molar refractivity (Wildman–Crippen MR) is 156 cm³/mol. The molecule has 2 aromatic heterocycles. The number of furan rings is 1. The Bertz CT molecular complexity index is 1900. The van der Waals surface area contributed by atoms with Crippen molar-refractivity contribution in [2.24, 2.45) is 4.99 Å². The van der Waals surface area contributed by atoms with Crippen molar-refractivity contribution in [3.05, 3.63) is 114 Å². The minimum Gasteiger partial charge on any atom is -0.463 e. The van der Waals surface area contributed by atoms with Crippen molar-refractivity contribution in [3.8, 4) is 11.3 Å². The Hall–Kier alpha value is -4.57. The molecule has 0 bridgehead atoms. The summed E-state index contributed by atoms with van der Waals surface area (Å²) in [6, 6.07) is 13.6. The van der Waals surface area contributed by atoms with Crippen LogP contribution in [0.3, 0.4) is 0 Å². The molecule has 0 N–H and O–H groups in total. The average Bonchev–Trinajstić information content (AvgIpc) is 3.52. The van der Waals surface area contributed by atoms with E-state index in [9.17, 15) is 18.8 Å². The van der Waals surface area contributed by atoms with Crippen LogP contribution in [0.25, 0.3) is 17.4 Å². The first kappa shape index (κ1) is 28.9. The summed E-state index contributed by atoms with van der Waals surface area (Å²) >= 11 is 1.16. The van der Waals surface area contributed by atoms with Crippen LogP contribution in [0.5, 0.6) is 0 Å². The number of ether oxygens (including phenoxy) is 2. The molecule has 10 heteroatoms. The second kappa shape index (κ2) is 11.7. The van der Waals surface area contributed by atoms with Gasteiger partial charge in [-0.3, -0.25) is 9.36 Å². The van der Waals surface area contributed by atoms with Crippen molar-refractivity contribution >= 4 is 29.4 Å². The Balaban J connectivity index is 1.54. The highest BCUT2D eigenvalue weighted by molar-refractivity contribution is 7.07. The lowest BCUT2D eigenvalue weighted by atomic mass is 9.96. The van der Waals surface area contributed by atoms with Gasteiger partial charge in [0.25, 0.3) is 5.56 Å². The summed E-state index contributed by atoms with van der Waals surface area (Å²) in [7, 11) is 0. The number of aromatic nitrogens is 1. The summed E-state index contributed by atoms with van der Waals surface area (Å²) < 4.78 is 32.2. The van der Waals surface area contributed by atoms with Gasteiger partial charge in [-0.25, -0.2) is 19.0 Å². The zero-order valence-corrected chi connectivity index (χ0v) is 24.6. The molecule has 0 spiro atoms. The van der Waals surface area contributed by atoms with Gasteiger partial charge in [0.05, 0.1) is 40.1 Å². The normalized spacial score (nSPS) is 15.0. The van der Waals surface area contributed by atoms with Crippen molar-refractivity contribution in [2.75, 3.05) is 6.61 Å². The van der Waals surface area contributed by atoms with Gasteiger partial charge < -0.3 is 13.9 Å². The number of esters is 2. The topological polar surface area (TPSA) is 100 Å². The number of hydrogen-bond donors (Lipinski definition) is 0. The average molecular weight is 589 g/mol. The lowest BCUT2D eigenvalue weighted by molar-refractivity contribution is -0.139. The number of rotatable bonds is 7. The largest absolute Gasteiger partial charge is 0.463 e. The third-order valence-electron chi connectivity index (χ3n) is 6.67. The lowest BCUT2D eigenvalue weighted by Gasteiger charge is -2.24. The predicted octanol–water partition coefficient (Wildman–Crippen LogP) is 5.07. The maximum Gasteiger partial charge on any atom is 0.338 e. The first-order chi connectivity index (χ1) is 20.1. The van der Waals surface area contributed by atoms with Gasteiger partial charge in [-0.15, -0.1) is 0 Å². The Morgan fingerprint density at radius 2 is 1.83 bits per heavy atom. The van der Waals surface area contributed by atoms with E-state index in [-0.39, 0.29) is 23.8 Å². The van der Waals surface area contributed by atoms with Crippen molar-refractivity contribution in [1.29, 1.82) is 0 Å². The number of halogens is 1. The van der Waals surface area contributed by atoms with E-state index >= 15 is 0 Å². The molecule has 1 aliphatic rings. The van der Waals surface area contributed by atoms with Crippen LogP contribution in [0.4, 0.5) is 4.39 Å². The van der Waals surface area contributed by atoms with Gasteiger partial charge in [0, 0.05) is 11.6 Å². The number of nitrogens with zero attached hydrogens (tertiary/aromatic N) is 2. The minimum atomic E-state index is -0.834. The first-order valence-corrected chi connectivity index (χ1v) is 14.3. The van der Waals surface area contributed by atoms with E-state index in [0.717, 1.165) is 22.5 Å². The Labute approximate surface area is 245 Å². The van der Waals surface area contributed by atoms with Gasteiger partial charge in [0.15, 0.2) is 4.80 Å². The number of carbonyl (C=O) groups excluding carboxylic acids is 2. The molecule has 1 aliphatic heterocycles. The third-order valence-corrected chi connectivity index (χ3v) is 7.66. The molecule has 2 aromatic carbocycles. The van der Waals surface area contributed by atoms with Crippen LogP contribution in [0.1, 0.15) is 61.0 Å². The van der Waals surface area contributed by atoms with Gasteiger partial charge in [-0.1, -0.05) is 29.5 Å². The number of hydrogen-bond acceptors (Lipinski definition) is 8. The van der Waals surface area contributed by atoms with Gasteiger partial charge in [-0.2, -0.15) is 0 Å². The highest BCUT2D eigenvalue weighted by atomic mass is 32.1. The minimum absolute atomic E-state index is 0.154. The zero-order chi connectivity index (χ0) is 30.1. The zero-order valence-electron chi connectivity index (χ0n) is 23.8. The number of benzene rings is 2. The van der Waals surface area contributed by atoms with Crippen molar-refractivity contribution in [2.45, 2.75) is 46.8 Å². The SMILES string of the molecule is CCOC(=O)C1=C(C)N=c2s/c(=C/c3ccc(-c4ccc(C(=O)OC(C)C)cc4C)o3)c(=O)n2[C@@H]1c1ccc(F)cc1. The number of carbonyl (C=O) groups is 2. The maximum atomic E-state index is 13.8. The van der Waals surface area contributed by atoms with Crippen LogP contribution in [-0.2, 0) is 14.3 Å². The summed E-state index contributed by atoms with van der Waals surface area (Å²) in [5, 5.41) is 0. The number of allylic oxidation sites excluding steroid dienone is 1. The van der Waals surface area contributed by atoms with Gasteiger partial charge in [0.2, 0.25) is 0 Å². The maximum absolute atomic E-state index is 13.8. The number of aryl methyl sites for hydroxylation is 1. The Morgan fingerprint density at radius 1 is 1.10 bits per heavy atom. The Morgan fingerprint density at radius 3 is 2.50 bits per heavy atom. The molecule has 0 aliphatic carbocycles. The van der Waals surface area contributed by atoms with Crippen LogP contribution >= 0.6 is 11.3 Å². The molecular weight excluding hydrogens is 559 g/mol. The molecule has 0 amide bonds. The first-order valence-electron chi connectivity index (χ1n) is 13.4. The molecule has 3 heterocycles. The third kappa shape index (κ3) is 5.62. The highest BCUT2D eigenvalue weighted by Crippen LogP contribution is 2.31. The monoisotopic (exact) mass is 588 g/mol. The van der Waals surface area contributed by atoms with Crippen LogP contribution in [0.15, 0.2) is 80.1 Å². The quantitative estimate of drug-likeness (QED) is 0.280. The number of fused-ring (bicyclic) bond motifs is 1. The molecule has 5 rings (SSSR count). The second-order valence-electron chi connectivity index (χ2n) is 10.0. The molecule has 0 radical (unpaired) electrons. The van der Waals surface area contributed by atoms with Gasteiger partial charge in [-0.05, 0) is 82.1 Å². The fourth-order valence-corrected chi connectivity index (χ4v) is 5.83. The molecule has 0 saturated heterocycles. The van der Waals surface area contributed by atoms with Crippen molar-refractivity contribution in [1.82, 2.24) is 4.57 Å². The summed E-state index contributed by atoms with van der Waals surface area (Å²) in [5.41, 5.74) is 2.90. The second-order valence-corrected chi connectivity index (χ2v) is 11.0. The van der Waals surface area contributed by atoms with E-state index in [1.54, 1.807) is 76.2 Å². The van der Waals surface area contributed by atoms with Crippen LogP contribution in [0.2, 0.25) is 0 Å².